The fourth-order valence-corrected chi connectivity index (χ4v) is 2.56. The molecule has 0 aromatic heterocycles. The molecule has 0 atom stereocenters. The number of non-ortho nitro benzene ring substituents is 1. The number of benzene rings is 2. The number of nitrogens with one attached hydrogen (secondary N) is 1. The van der Waals surface area contributed by atoms with E-state index in [2.05, 4.69) is 10.5 Å². The number of hydrogen-bond acceptors (Lipinski definition) is 7. The summed E-state index contributed by atoms with van der Waals surface area (Å²) in [5, 5.41) is 17.2. The Labute approximate surface area is 174 Å². The van der Waals surface area contributed by atoms with Crippen LogP contribution in [0.2, 0.25) is 0 Å². The lowest BCUT2D eigenvalue weighted by molar-refractivity contribution is -0.384. The molecule has 0 spiro atoms. The summed E-state index contributed by atoms with van der Waals surface area (Å²) in [5.74, 6) is 1.06. The molecule has 0 saturated heterocycles. The highest BCUT2D eigenvalue weighted by Crippen LogP contribution is 2.28. The Morgan fingerprint density at radius 1 is 1.13 bits per heavy atom. The van der Waals surface area contributed by atoms with E-state index in [1.54, 1.807) is 12.1 Å². The normalized spacial score (nSPS) is 10.6. The first-order chi connectivity index (χ1) is 14.5. The average molecular weight is 415 g/mol. The lowest BCUT2D eigenvalue weighted by Gasteiger charge is -2.12. The molecule has 9 heteroatoms. The summed E-state index contributed by atoms with van der Waals surface area (Å²) in [6.45, 7) is 5.09. The SMILES string of the molecule is CCOc1ccc(CCNC(=O)CO/N=C/c2cccc([N+](=O)[O-])c2)cc1OCC. The molecule has 0 unspecified atom stereocenters. The quantitative estimate of drug-likeness (QED) is 0.324. The number of carbonyl (C=O) groups excluding carboxylic acids is 1. The van der Waals surface area contributed by atoms with Gasteiger partial charge in [0.1, 0.15) is 0 Å². The van der Waals surface area contributed by atoms with E-state index < -0.39 is 4.92 Å². The summed E-state index contributed by atoms with van der Waals surface area (Å²) >= 11 is 0. The van der Waals surface area contributed by atoms with Gasteiger partial charge in [0, 0.05) is 24.2 Å². The molecule has 0 radical (unpaired) electrons. The maximum atomic E-state index is 11.9. The minimum atomic E-state index is -0.493. The average Bonchev–Trinajstić information content (AvgIpc) is 2.73. The Bertz CT molecular complexity index is 885. The van der Waals surface area contributed by atoms with Gasteiger partial charge < -0.3 is 19.6 Å². The van der Waals surface area contributed by atoms with Gasteiger partial charge in [-0.3, -0.25) is 14.9 Å². The molecular weight excluding hydrogens is 390 g/mol. The Kier molecular flexibility index (Phi) is 9.11. The number of nitrogens with zero attached hydrogens (tertiary/aromatic N) is 2. The van der Waals surface area contributed by atoms with Crippen molar-refractivity contribution < 1.29 is 24.0 Å². The second kappa shape index (κ2) is 12.1. The highest BCUT2D eigenvalue weighted by atomic mass is 16.6. The van der Waals surface area contributed by atoms with Crippen molar-refractivity contribution in [3.8, 4) is 11.5 Å². The molecule has 0 aliphatic heterocycles. The predicted octanol–water partition coefficient (Wildman–Crippen LogP) is 3.10. The van der Waals surface area contributed by atoms with Crippen molar-refractivity contribution in [1.82, 2.24) is 5.32 Å². The van der Waals surface area contributed by atoms with Gasteiger partial charge in [-0.2, -0.15) is 0 Å². The van der Waals surface area contributed by atoms with E-state index in [1.165, 1.54) is 18.3 Å². The second-order valence-electron chi connectivity index (χ2n) is 6.11. The number of nitro benzene ring substituents is 1. The van der Waals surface area contributed by atoms with Crippen LogP contribution in [0, 0.1) is 10.1 Å². The fourth-order valence-electron chi connectivity index (χ4n) is 2.56. The van der Waals surface area contributed by atoms with E-state index in [0.29, 0.717) is 43.2 Å². The maximum absolute atomic E-state index is 11.9. The van der Waals surface area contributed by atoms with E-state index >= 15 is 0 Å². The standard InChI is InChI=1S/C21H25N3O6/c1-3-28-19-9-8-16(13-20(19)29-4-2)10-11-22-21(25)15-30-23-14-17-6-5-7-18(12-17)24(26)27/h5-9,12-14H,3-4,10-11,15H2,1-2H3,(H,22,25)/b23-14+. The van der Waals surface area contributed by atoms with Crippen molar-refractivity contribution in [2.75, 3.05) is 26.4 Å². The van der Waals surface area contributed by atoms with Gasteiger partial charge in [-0.1, -0.05) is 23.4 Å². The van der Waals surface area contributed by atoms with Crippen LogP contribution < -0.4 is 14.8 Å². The van der Waals surface area contributed by atoms with Crippen LogP contribution in [0.4, 0.5) is 5.69 Å². The van der Waals surface area contributed by atoms with Crippen LogP contribution >= 0.6 is 0 Å². The van der Waals surface area contributed by atoms with Gasteiger partial charge in [0.05, 0.1) is 24.4 Å². The number of ether oxygens (including phenoxy) is 2. The van der Waals surface area contributed by atoms with E-state index in [-0.39, 0.29) is 18.2 Å². The van der Waals surface area contributed by atoms with Gasteiger partial charge >= 0.3 is 0 Å². The molecule has 0 fully saturated rings. The largest absolute Gasteiger partial charge is 0.490 e. The van der Waals surface area contributed by atoms with Gasteiger partial charge in [-0.15, -0.1) is 0 Å². The van der Waals surface area contributed by atoms with Crippen molar-refractivity contribution >= 4 is 17.8 Å². The number of amides is 1. The molecule has 0 saturated carbocycles. The summed E-state index contributed by atoms with van der Waals surface area (Å²) in [6.07, 6.45) is 1.94. The van der Waals surface area contributed by atoms with Crippen LogP contribution in [0.3, 0.4) is 0 Å². The third-order valence-corrected chi connectivity index (χ3v) is 3.90. The summed E-state index contributed by atoms with van der Waals surface area (Å²) < 4.78 is 11.1. The molecule has 0 aliphatic rings. The number of oxime groups is 1. The molecule has 1 N–H and O–H groups in total. The third kappa shape index (κ3) is 7.42. The molecular formula is C21H25N3O6. The van der Waals surface area contributed by atoms with E-state index in [4.69, 9.17) is 14.3 Å². The van der Waals surface area contributed by atoms with Crippen molar-refractivity contribution in [2.24, 2.45) is 5.16 Å². The Morgan fingerprint density at radius 2 is 1.90 bits per heavy atom. The Morgan fingerprint density at radius 3 is 2.63 bits per heavy atom. The predicted molar refractivity (Wildman–Crippen MR) is 112 cm³/mol. The zero-order valence-corrected chi connectivity index (χ0v) is 17.0. The monoisotopic (exact) mass is 415 g/mol. The molecule has 2 aromatic carbocycles. The van der Waals surface area contributed by atoms with Gasteiger partial charge in [0.2, 0.25) is 0 Å². The lowest BCUT2D eigenvalue weighted by atomic mass is 10.1. The summed E-state index contributed by atoms with van der Waals surface area (Å²) in [5.41, 5.74) is 1.47. The third-order valence-electron chi connectivity index (χ3n) is 3.90. The minimum Gasteiger partial charge on any atom is -0.490 e. The van der Waals surface area contributed by atoms with E-state index in [9.17, 15) is 14.9 Å². The van der Waals surface area contributed by atoms with Crippen molar-refractivity contribution in [2.45, 2.75) is 20.3 Å². The molecule has 9 nitrogen and oxygen atoms in total. The summed E-state index contributed by atoms with van der Waals surface area (Å²) in [4.78, 5) is 27.0. The van der Waals surface area contributed by atoms with Crippen molar-refractivity contribution in [3.63, 3.8) is 0 Å². The molecule has 160 valence electrons. The second-order valence-corrected chi connectivity index (χ2v) is 6.11. The lowest BCUT2D eigenvalue weighted by Crippen LogP contribution is -2.28. The van der Waals surface area contributed by atoms with Gasteiger partial charge in [-0.25, -0.2) is 0 Å². The van der Waals surface area contributed by atoms with Crippen LogP contribution in [0.15, 0.2) is 47.6 Å². The zero-order valence-electron chi connectivity index (χ0n) is 17.0. The molecule has 0 aliphatic carbocycles. The number of hydrogen-bond donors (Lipinski definition) is 1. The first-order valence-electron chi connectivity index (χ1n) is 9.58. The van der Waals surface area contributed by atoms with Crippen LogP contribution in [0.1, 0.15) is 25.0 Å². The number of rotatable bonds is 12. The van der Waals surface area contributed by atoms with Gasteiger partial charge in [0.25, 0.3) is 11.6 Å². The number of carbonyl (C=O) groups is 1. The maximum Gasteiger partial charge on any atom is 0.270 e. The summed E-state index contributed by atoms with van der Waals surface area (Å²) in [7, 11) is 0. The smallest absolute Gasteiger partial charge is 0.270 e. The van der Waals surface area contributed by atoms with Crippen LogP contribution in [0.5, 0.6) is 11.5 Å². The van der Waals surface area contributed by atoms with Crippen molar-refractivity contribution in [1.29, 1.82) is 0 Å². The van der Waals surface area contributed by atoms with Gasteiger partial charge in [-0.05, 0) is 38.0 Å². The first kappa shape index (κ1) is 22.7. The van der Waals surface area contributed by atoms with Crippen LogP contribution in [-0.2, 0) is 16.1 Å². The van der Waals surface area contributed by atoms with Gasteiger partial charge in [0.15, 0.2) is 18.1 Å². The first-order valence-corrected chi connectivity index (χ1v) is 9.58. The van der Waals surface area contributed by atoms with E-state index in [1.807, 2.05) is 32.0 Å². The topological polar surface area (TPSA) is 112 Å². The molecule has 0 bridgehead atoms. The highest BCUT2D eigenvalue weighted by Gasteiger charge is 2.07. The molecule has 0 heterocycles. The van der Waals surface area contributed by atoms with Crippen LogP contribution in [0.25, 0.3) is 0 Å². The Hall–Kier alpha value is -3.62. The fraction of sp³-hybridized carbons (Fsp3) is 0.333. The molecule has 30 heavy (non-hydrogen) atoms. The highest BCUT2D eigenvalue weighted by molar-refractivity contribution is 5.80. The van der Waals surface area contributed by atoms with E-state index in [0.717, 1.165) is 5.56 Å². The molecule has 2 rings (SSSR count). The summed E-state index contributed by atoms with van der Waals surface area (Å²) in [6, 6.07) is 11.6. The van der Waals surface area contributed by atoms with Crippen LogP contribution in [-0.4, -0.2) is 43.4 Å². The molecule has 2 aromatic rings. The number of nitro groups is 1. The zero-order chi connectivity index (χ0) is 21.8. The minimum absolute atomic E-state index is 0.0431. The Balaban J connectivity index is 1.75. The molecule has 1 amide bonds. The van der Waals surface area contributed by atoms with Crippen molar-refractivity contribution in [3.05, 3.63) is 63.7 Å².